The van der Waals surface area contributed by atoms with Gasteiger partial charge in [0.1, 0.15) is 17.8 Å². The van der Waals surface area contributed by atoms with Gasteiger partial charge in [-0.05, 0) is 37.5 Å². The van der Waals surface area contributed by atoms with Crippen LogP contribution in [0.1, 0.15) is 31.9 Å². The number of alkyl halides is 3. The minimum absolute atomic E-state index is 0.131. The summed E-state index contributed by atoms with van der Waals surface area (Å²) in [5.74, 6) is 0.131. The van der Waals surface area contributed by atoms with Crippen molar-refractivity contribution in [3.63, 3.8) is 0 Å². The molecule has 3 rings (SSSR count). The number of aromatic nitrogens is 2. The number of benzene rings is 1. The quantitative estimate of drug-likeness (QED) is 0.569. The molecule has 0 radical (unpaired) electrons. The van der Waals surface area contributed by atoms with Crippen LogP contribution >= 0.6 is 0 Å². The highest BCUT2D eigenvalue weighted by Crippen LogP contribution is 2.37. The van der Waals surface area contributed by atoms with Crippen LogP contribution in [0.2, 0.25) is 0 Å². The molecule has 10 heteroatoms. The molecule has 32 heavy (non-hydrogen) atoms. The number of nitrogens with one attached hydrogen (secondary N) is 1. The van der Waals surface area contributed by atoms with Gasteiger partial charge in [-0.25, -0.2) is 13.4 Å². The fourth-order valence-electron chi connectivity index (χ4n) is 3.53. The normalized spacial score (nSPS) is 13.5. The molecule has 2 heterocycles. The maximum atomic E-state index is 13.0. The Labute approximate surface area is 184 Å². The van der Waals surface area contributed by atoms with Crippen LogP contribution in [0.5, 0.6) is 0 Å². The lowest BCUT2D eigenvalue weighted by atomic mass is 10.1. The van der Waals surface area contributed by atoms with Gasteiger partial charge in [-0.3, -0.25) is 0 Å². The molecule has 1 N–H and O–H groups in total. The Morgan fingerprint density at radius 3 is 2.47 bits per heavy atom. The molecule has 0 spiro atoms. The summed E-state index contributed by atoms with van der Waals surface area (Å²) in [6, 6.07) is 7.40. The molecular weight excluding hydrogens is 441 g/mol. The van der Waals surface area contributed by atoms with E-state index >= 15 is 0 Å². The maximum absolute atomic E-state index is 13.0. The van der Waals surface area contributed by atoms with Crippen molar-refractivity contribution in [2.45, 2.75) is 51.4 Å². The number of nitriles is 1. The number of fused-ring (bicyclic) bond motifs is 1. The van der Waals surface area contributed by atoms with E-state index in [2.05, 4.69) is 11.1 Å². The van der Waals surface area contributed by atoms with Gasteiger partial charge >= 0.3 is 6.18 Å². The van der Waals surface area contributed by atoms with E-state index < -0.39 is 22.2 Å². The average Bonchev–Trinajstić information content (AvgIpc) is 2.98. The number of aryl methyl sites for hydroxylation is 1. The molecule has 3 aromatic rings. The van der Waals surface area contributed by atoms with Crippen LogP contribution < -0.4 is 4.72 Å². The Morgan fingerprint density at radius 1 is 1.22 bits per heavy atom. The Kier molecular flexibility index (Phi) is 6.36. The van der Waals surface area contributed by atoms with Crippen molar-refractivity contribution in [3.8, 4) is 17.3 Å². The first-order valence-corrected chi connectivity index (χ1v) is 11.4. The van der Waals surface area contributed by atoms with E-state index in [0.717, 1.165) is 12.5 Å². The van der Waals surface area contributed by atoms with Crippen LogP contribution in [0.3, 0.4) is 0 Å². The number of hydrogen-bond donors (Lipinski definition) is 1. The molecule has 170 valence electrons. The minimum atomic E-state index is -4.74. The third-order valence-corrected chi connectivity index (χ3v) is 6.55. The second-order valence-electron chi connectivity index (χ2n) is 8.10. The Hall–Kier alpha value is -2.90. The molecule has 0 aliphatic rings. The zero-order valence-corrected chi connectivity index (χ0v) is 18.8. The monoisotopic (exact) mass is 464 g/mol. The molecule has 0 unspecified atom stereocenters. The summed E-state index contributed by atoms with van der Waals surface area (Å²) >= 11 is 0. The van der Waals surface area contributed by atoms with Crippen LogP contribution in [0, 0.1) is 24.2 Å². The van der Waals surface area contributed by atoms with Gasteiger partial charge in [0.05, 0.1) is 16.2 Å². The van der Waals surface area contributed by atoms with Gasteiger partial charge < -0.3 is 4.57 Å². The molecule has 2 aromatic heterocycles. The molecule has 1 atom stereocenters. The summed E-state index contributed by atoms with van der Waals surface area (Å²) in [6.45, 7) is 6.93. The summed E-state index contributed by atoms with van der Waals surface area (Å²) in [4.78, 5) is 4.12. The van der Waals surface area contributed by atoms with Crippen LogP contribution in [-0.4, -0.2) is 30.2 Å². The number of rotatable bonds is 6. The standard InChI is InChI=1S/C22H23F3N4O2S/c1-13(2)12-29-20(18(10-26)17-9-14(3)11-27-21(17)29)16-7-5-6-8-19(16)32(30,31)28-15(4)22(23,24)25/h5-9,11,13,15,28H,12H2,1-4H3/t15-/m0/s1. The second kappa shape index (κ2) is 8.56. The summed E-state index contributed by atoms with van der Waals surface area (Å²) in [6.07, 6.45) is -3.09. The van der Waals surface area contributed by atoms with Crippen LogP contribution in [0.15, 0.2) is 41.4 Å². The van der Waals surface area contributed by atoms with Gasteiger partial charge in [-0.2, -0.15) is 23.2 Å². The highest BCUT2D eigenvalue weighted by atomic mass is 32.2. The molecule has 1 aromatic carbocycles. The summed E-state index contributed by atoms with van der Waals surface area (Å²) in [7, 11) is -4.55. The van der Waals surface area contributed by atoms with E-state index in [1.165, 1.54) is 18.2 Å². The summed E-state index contributed by atoms with van der Waals surface area (Å²) in [5, 5.41) is 10.5. The van der Waals surface area contributed by atoms with Crippen molar-refractivity contribution in [2.24, 2.45) is 5.92 Å². The van der Waals surface area contributed by atoms with E-state index in [0.29, 0.717) is 23.3 Å². The van der Waals surface area contributed by atoms with Crippen LogP contribution in [0.25, 0.3) is 22.3 Å². The zero-order valence-electron chi connectivity index (χ0n) is 18.0. The van der Waals surface area contributed by atoms with Gasteiger partial charge in [0.25, 0.3) is 0 Å². The number of hydrogen-bond acceptors (Lipinski definition) is 4. The van der Waals surface area contributed by atoms with E-state index in [9.17, 15) is 26.9 Å². The lowest BCUT2D eigenvalue weighted by Gasteiger charge is -2.20. The van der Waals surface area contributed by atoms with Crippen molar-refractivity contribution in [2.75, 3.05) is 0 Å². The van der Waals surface area contributed by atoms with E-state index in [4.69, 9.17) is 0 Å². The second-order valence-corrected chi connectivity index (χ2v) is 9.79. The molecule has 0 aliphatic carbocycles. The van der Waals surface area contributed by atoms with Gasteiger partial charge in [0.2, 0.25) is 10.0 Å². The Bertz CT molecular complexity index is 1310. The Morgan fingerprint density at radius 2 is 1.88 bits per heavy atom. The first kappa shape index (κ1) is 23.8. The molecule has 0 fully saturated rings. The number of nitrogens with zero attached hydrogens (tertiary/aromatic N) is 3. The number of pyridine rings is 1. The molecule has 0 aliphatic heterocycles. The Balaban J connectivity index is 2.33. The molecule has 0 saturated heterocycles. The highest BCUT2D eigenvalue weighted by molar-refractivity contribution is 7.89. The largest absolute Gasteiger partial charge is 0.404 e. The van der Waals surface area contributed by atoms with Crippen LogP contribution in [0.4, 0.5) is 13.2 Å². The van der Waals surface area contributed by atoms with Gasteiger partial charge in [0.15, 0.2) is 0 Å². The molecular formula is C22H23F3N4O2S. The van der Waals surface area contributed by atoms with Crippen molar-refractivity contribution in [1.82, 2.24) is 14.3 Å². The number of halogens is 3. The van der Waals surface area contributed by atoms with Crippen molar-refractivity contribution < 1.29 is 21.6 Å². The molecule has 6 nitrogen and oxygen atoms in total. The zero-order chi connectivity index (χ0) is 23.8. The lowest BCUT2D eigenvalue weighted by molar-refractivity contribution is -0.147. The van der Waals surface area contributed by atoms with Gasteiger partial charge in [0, 0.05) is 23.7 Å². The maximum Gasteiger partial charge on any atom is 0.404 e. The SMILES string of the molecule is Cc1cnc2c(c1)c(C#N)c(-c1ccccc1S(=O)(=O)N[C@@H](C)C(F)(F)F)n2CC(C)C. The van der Waals surface area contributed by atoms with Crippen molar-refractivity contribution in [1.29, 1.82) is 5.26 Å². The smallest absolute Gasteiger partial charge is 0.324 e. The topological polar surface area (TPSA) is 87.8 Å². The van der Waals surface area contributed by atoms with Gasteiger partial charge in [-0.15, -0.1) is 0 Å². The van der Waals surface area contributed by atoms with Crippen molar-refractivity contribution >= 4 is 21.1 Å². The lowest BCUT2D eigenvalue weighted by Crippen LogP contribution is -2.43. The molecule has 0 bridgehead atoms. The molecule has 0 saturated carbocycles. The van der Waals surface area contributed by atoms with E-state index in [1.54, 1.807) is 27.6 Å². The third-order valence-electron chi connectivity index (χ3n) is 4.95. The van der Waals surface area contributed by atoms with E-state index in [1.807, 2.05) is 20.8 Å². The first-order chi connectivity index (χ1) is 14.9. The highest BCUT2D eigenvalue weighted by Gasteiger charge is 2.39. The average molecular weight is 465 g/mol. The third kappa shape index (κ3) is 4.49. The van der Waals surface area contributed by atoms with Gasteiger partial charge in [-0.1, -0.05) is 32.0 Å². The van der Waals surface area contributed by atoms with E-state index in [-0.39, 0.29) is 21.9 Å². The summed E-state index contributed by atoms with van der Waals surface area (Å²) < 4.78 is 68.5. The fourth-order valence-corrected chi connectivity index (χ4v) is 4.96. The fraction of sp³-hybridized carbons (Fsp3) is 0.364. The first-order valence-electron chi connectivity index (χ1n) is 9.94. The number of sulfonamides is 1. The summed E-state index contributed by atoms with van der Waals surface area (Å²) in [5.41, 5.74) is 2.02. The minimum Gasteiger partial charge on any atom is -0.324 e. The van der Waals surface area contributed by atoms with Crippen LogP contribution in [-0.2, 0) is 16.6 Å². The predicted molar refractivity (Wildman–Crippen MR) is 115 cm³/mol. The van der Waals surface area contributed by atoms with Crippen molar-refractivity contribution in [3.05, 3.63) is 47.7 Å². The molecule has 0 amide bonds. The predicted octanol–water partition coefficient (Wildman–Crippen LogP) is 4.77.